The Bertz CT molecular complexity index is 741. The van der Waals surface area contributed by atoms with Gasteiger partial charge in [-0.1, -0.05) is 42.0 Å². The van der Waals surface area contributed by atoms with Crippen molar-refractivity contribution in [2.45, 2.75) is 33.3 Å². The summed E-state index contributed by atoms with van der Waals surface area (Å²) in [7, 11) is 0. The molecule has 0 aliphatic heterocycles. The highest BCUT2D eigenvalue weighted by atomic mass is 16.5. The molecule has 0 saturated heterocycles. The standard InChI is InChI=1S/C20H24N2O3/c1-14(2)25-18-10-5-4-9-17(18)22-20(24)13-21-19(23)12-16-8-6-7-15(3)11-16/h4-11,14H,12-13H2,1-3H3,(H,21,23)(H,22,24). The Morgan fingerprint density at radius 2 is 1.80 bits per heavy atom. The Labute approximate surface area is 148 Å². The summed E-state index contributed by atoms with van der Waals surface area (Å²) in [6.07, 6.45) is 0.259. The molecule has 25 heavy (non-hydrogen) atoms. The Morgan fingerprint density at radius 3 is 2.52 bits per heavy atom. The molecule has 0 aromatic heterocycles. The van der Waals surface area contributed by atoms with E-state index in [1.807, 2.05) is 57.2 Å². The number of ether oxygens (including phenoxy) is 1. The number of nitrogens with one attached hydrogen (secondary N) is 2. The summed E-state index contributed by atoms with van der Waals surface area (Å²) in [6, 6.07) is 15.0. The van der Waals surface area contributed by atoms with Crippen molar-refractivity contribution in [3.8, 4) is 5.75 Å². The van der Waals surface area contributed by atoms with Crippen LogP contribution in [0.5, 0.6) is 5.75 Å². The molecule has 0 aliphatic carbocycles. The average molecular weight is 340 g/mol. The summed E-state index contributed by atoms with van der Waals surface area (Å²) in [5, 5.41) is 5.40. The topological polar surface area (TPSA) is 67.4 Å². The SMILES string of the molecule is Cc1cccc(CC(=O)NCC(=O)Nc2ccccc2OC(C)C)c1. The first-order valence-corrected chi connectivity index (χ1v) is 8.32. The largest absolute Gasteiger partial charge is 0.489 e. The first kappa shape index (κ1) is 18.5. The number of hydrogen-bond donors (Lipinski definition) is 2. The van der Waals surface area contributed by atoms with E-state index >= 15 is 0 Å². The second kappa shape index (κ2) is 8.87. The number of carbonyl (C=O) groups is 2. The lowest BCUT2D eigenvalue weighted by Crippen LogP contribution is -2.33. The lowest BCUT2D eigenvalue weighted by atomic mass is 10.1. The number of hydrogen-bond acceptors (Lipinski definition) is 3. The van der Waals surface area contributed by atoms with E-state index in [0.29, 0.717) is 11.4 Å². The molecule has 132 valence electrons. The van der Waals surface area contributed by atoms with Crippen molar-refractivity contribution < 1.29 is 14.3 Å². The molecule has 0 saturated carbocycles. The van der Waals surface area contributed by atoms with Gasteiger partial charge in [0.1, 0.15) is 5.75 Å². The molecule has 0 heterocycles. The van der Waals surface area contributed by atoms with Crippen molar-refractivity contribution in [3.05, 3.63) is 59.7 Å². The van der Waals surface area contributed by atoms with Gasteiger partial charge in [0.2, 0.25) is 11.8 Å². The van der Waals surface area contributed by atoms with Crippen LogP contribution in [-0.2, 0) is 16.0 Å². The van der Waals surface area contributed by atoms with E-state index in [1.165, 1.54) is 0 Å². The van der Waals surface area contributed by atoms with Gasteiger partial charge >= 0.3 is 0 Å². The predicted octanol–water partition coefficient (Wildman–Crippen LogP) is 3.08. The third-order valence-corrected chi connectivity index (χ3v) is 3.42. The molecule has 5 heteroatoms. The number of aryl methyl sites for hydroxylation is 1. The van der Waals surface area contributed by atoms with Crippen molar-refractivity contribution in [3.63, 3.8) is 0 Å². The maximum atomic E-state index is 12.1. The Hall–Kier alpha value is -2.82. The van der Waals surface area contributed by atoms with Gasteiger partial charge < -0.3 is 15.4 Å². The molecule has 5 nitrogen and oxygen atoms in total. The molecule has 2 N–H and O–H groups in total. The minimum absolute atomic E-state index is 0.00656. The number of anilines is 1. The highest BCUT2D eigenvalue weighted by Gasteiger charge is 2.10. The number of rotatable bonds is 7. The zero-order chi connectivity index (χ0) is 18.2. The van der Waals surface area contributed by atoms with Crippen LogP contribution < -0.4 is 15.4 Å². The minimum atomic E-state index is -0.294. The van der Waals surface area contributed by atoms with E-state index in [9.17, 15) is 9.59 Å². The van der Waals surface area contributed by atoms with Crippen LogP contribution in [0.3, 0.4) is 0 Å². The third kappa shape index (κ3) is 6.30. The van der Waals surface area contributed by atoms with Crippen LogP contribution in [0.2, 0.25) is 0 Å². The zero-order valence-electron chi connectivity index (χ0n) is 14.8. The van der Waals surface area contributed by atoms with Crippen LogP contribution in [0, 0.1) is 6.92 Å². The van der Waals surface area contributed by atoms with Gasteiger partial charge in [0.05, 0.1) is 24.8 Å². The molecule has 0 atom stereocenters. The molecule has 0 spiro atoms. The quantitative estimate of drug-likeness (QED) is 0.814. The summed E-state index contributed by atoms with van der Waals surface area (Å²) >= 11 is 0. The van der Waals surface area contributed by atoms with Crippen molar-refractivity contribution >= 4 is 17.5 Å². The van der Waals surface area contributed by atoms with Crippen LogP contribution >= 0.6 is 0 Å². The van der Waals surface area contributed by atoms with E-state index in [1.54, 1.807) is 12.1 Å². The normalized spacial score (nSPS) is 10.4. The maximum Gasteiger partial charge on any atom is 0.243 e. The van der Waals surface area contributed by atoms with Crippen LogP contribution in [0.1, 0.15) is 25.0 Å². The number of amides is 2. The fraction of sp³-hybridized carbons (Fsp3) is 0.300. The molecule has 2 amide bonds. The highest BCUT2D eigenvalue weighted by Crippen LogP contribution is 2.24. The van der Waals surface area contributed by atoms with Gasteiger partial charge in [0.25, 0.3) is 0 Å². The van der Waals surface area contributed by atoms with Gasteiger partial charge in [0, 0.05) is 0 Å². The van der Waals surface area contributed by atoms with E-state index < -0.39 is 0 Å². The van der Waals surface area contributed by atoms with Gasteiger partial charge in [-0.25, -0.2) is 0 Å². The zero-order valence-corrected chi connectivity index (χ0v) is 14.8. The highest BCUT2D eigenvalue weighted by molar-refractivity contribution is 5.95. The van der Waals surface area contributed by atoms with Gasteiger partial charge in [0.15, 0.2) is 0 Å². The summed E-state index contributed by atoms with van der Waals surface area (Å²) in [4.78, 5) is 24.1. The van der Waals surface area contributed by atoms with Gasteiger partial charge in [-0.05, 0) is 38.5 Å². The van der Waals surface area contributed by atoms with E-state index in [4.69, 9.17) is 4.74 Å². The number of para-hydroxylation sites is 2. The maximum absolute atomic E-state index is 12.1. The molecule has 0 bridgehead atoms. The van der Waals surface area contributed by atoms with Crippen molar-refractivity contribution in [1.29, 1.82) is 0 Å². The smallest absolute Gasteiger partial charge is 0.243 e. The second-order valence-corrected chi connectivity index (χ2v) is 6.15. The molecular formula is C20H24N2O3. The lowest BCUT2D eigenvalue weighted by Gasteiger charge is -2.15. The van der Waals surface area contributed by atoms with Crippen LogP contribution in [0.15, 0.2) is 48.5 Å². The van der Waals surface area contributed by atoms with Gasteiger partial charge in [-0.15, -0.1) is 0 Å². The predicted molar refractivity (Wildman–Crippen MR) is 98.7 cm³/mol. The molecule has 2 rings (SSSR count). The molecule has 0 radical (unpaired) electrons. The first-order valence-electron chi connectivity index (χ1n) is 8.32. The molecule has 0 fully saturated rings. The Morgan fingerprint density at radius 1 is 1.04 bits per heavy atom. The van der Waals surface area contributed by atoms with Crippen LogP contribution in [0.25, 0.3) is 0 Å². The lowest BCUT2D eigenvalue weighted by molar-refractivity contribution is -0.123. The molecular weight excluding hydrogens is 316 g/mol. The van der Waals surface area contributed by atoms with Gasteiger partial charge in [-0.3, -0.25) is 9.59 Å². The van der Waals surface area contributed by atoms with Gasteiger partial charge in [-0.2, -0.15) is 0 Å². The van der Waals surface area contributed by atoms with Crippen LogP contribution in [-0.4, -0.2) is 24.5 Å². The summed E-state index contributed by atoms with van der Waals surface area (Å²) in [5.41, 5.74) is 2.62. The number of benzene rings is 2. The summed E-state index contributed by atoms with van der Waals surface area (Å²) in [6.45, 7) is 5.74. The van der Waals surface area contributed by atoms with E-state index in [2.05, 4.69) is 10.6 Å². The Balaban J connectivity index is 1.85. The summed E-state index contributed by atoms with van der Waals surface area (Å²) < 4.78 is 5.66. The number of carbonyl (C=O) groups excluding carboxylic acids is 2. The van der Waals surface area contributed by atoms with E-state index in [-0.39, 0.29) is 30.9 Å². The fourth-order valence-corrected chi connectivity index (χ4v) is 2.37. The monoisotopic (exact) mass is 340 g/mol. The van der Waals surface area contributed by atoms with Crippen molar-refractivity contribution in [2.24, 2.45) is 0 Å². The van der Waals surface area contributed by atoms with E-state index in [0.717, 1.165) is 11.1 Å². The summed E-state index contributed by atoms with van der Waals surface area (Å²) in [5.74, 6) is 0.127. The first-order chi connectivity index (χ1) is 11.9. The minimum Gasteiger partial charge on any atom is -0.489 e. The van der Waals surface area contributed by atoms with Crippen molar-refractivity contribution in [1.82, 2.24) is 5.32 Å². The Kier molecular flexibility index (Phi) is 6.57. The van der Waals surface area contributed by atoms with Crippen LogP contribution in [0.4, 0.5) is 5.69 Å². The third-order valence-electron chi connectivity index (χ3n) is 3.42. The molecule has 0 aliphatic rings. The second-order valence-electron chi connectivity index (χ2n) is 6.15. The average Bonchev–Trinajstić information content (AvgIpc) is 2.54. The molecule has 2 aromatic rings. The van der Waals surface area contributed by atoms with Crippen molar-refractivity contribution in [2.75, 3.05) is 11.9 Å². The fourth-order valence-electron chi connectivity index (χ4n) is 2.37. The molecule has 2 aromatic carbocycles. The molecule has 0 unspecified atom stereocenters.